The number of aryl methyl sites for hydroxylation is 1. The summed E-state index contributed by atoms with van der Waals surface area (Å²) in [6.07, 6.45) is 5.07. The van der Waals surface area contributed by atoms with Crippen LogP contribution in [0.5, 0.6) is 0 Å². The molecular formula is C13H17N5O. The third kappa shape index (κ3) is 3.31. The largest absolute Gasteiger partial charge is 0.373 e. The molecule has 0 unspecified atom stereocenters. The van der Waals surface area contributed by atoms with Crippen LogP contribution >= 0.6 is 0 Å². The number of H-pyrrole nitrogens is 1. The number of imidazole rings is 1. The normalized spacial score (nSPS) is 10.2. The number of aromatic amines is 1. The van der Waals surface area contributed by atoms with Crippen molar-refractivity contribution in [2.24, 2.45) is 0 Å². The fourth-order valence-corrected chi connectivity index (χ4v) is 1.74. The van der Waals surface area contributed by atoms with Crippen molar-refractivity contribution in [3.63, 3.8) is 0 Å². The molecule has 0 bridgehead atoms. The zero-order valence-electron chi connectivity index (χ0n) is 11.0. The third-order valence-electron chi connectivity index (χ3n) is 2.63. The van der Waals surface area contributed by atoms with E-state index in [9.17, 15) is 4.79 Å². The van der Waals surface area contributed by atoms with Crippen LogP contribution in [-0.2, 0) is 6.42 Å². The average Bonchev–Trinajstić information content (AvgIpc) is 2.91. The maximum absolute atomic E-state index is 12.1. The first-order valence-electron chi connectivity index (χ1n) is 6.22. The minimum atomic E-state index is -0.203. The highest BCUT2D eigenvalue weighted by molar-refractivity contribution is 6.03. The minimum absolute atomic E-state index is 0.203. The van der Waals surface area contributed by atoms with Gasteiger partial charge in [-0.25, -0.2) is 9.97 Å². The van der Waals surface area contributed by atoms with Crippen molar-refractivity contribution in [1.82, 2.24) is 15.0 Å². The van der Waals surface area contributed by atoms with E-state index in [2.05, 4.69) is 32.5 Å². The van der Waals surface area contributed by atoms with Crippen LogP contribution in [0, 0.1) is 0 Å². The lowest BCUT2D eigenvalue weighted by Crippen LogP contribution is -2.14. The smallest absolute Gasteiger partial charge is 0.258 e. The summed E-state index contributed by atoms with van der Waals surface area (Å²) in [5.41, 5.74) is 1.47. The highest BCUT2D eigenvalue weighted by atomic mass is 16.1. The van der Waals surface area contributed by atoms with Crippen LogP contribution in [0.3, 0.4) is 0 Å². The highest BCUT2D eigenvalue weighted by Gasteiger charge is 2.10. The predicted molar refractivity (Wildman–Crippen MR) is 74.3 cm³/mol. The van der Waals surface area contributed by atoms with E-state index in [0.29, 0.717) is 17.3 Å². The maximum Gasteiger partial charge on any atom is 0.258 e. The van der Waals surface area contributed by atoms with Crippen LogP contribution in [0.15, 0.2) is 24.5 Å². The van der Waals surface area contributed by atoms with Crippen molar-refractivity contribution in [2.75, 3.05) is 17.7 Å². The Hall–Kier alpha value is -2.37. The first-order chi connectivity index (χ1) is 9.22. The van der Waals surface area contributed by atoms with Crippen LogP contribution < -0.4 is 10.6 Å². The molecule has 19 heavy (non-hydrogen) atoms. The number of carbonyl (C=O) groups is 1. The van der Waals surface area contributed by atoms with Gasteiger partial charge >= 0.3 is 0 Å². The van der Waals surface area contributed by atoms with Gasteiger partial charge < -0.3 is 10.3 Å². The molecule has 0 aliphatic heterocycles. The molecule has 2 aromatic rings. The molecule has 0 spiro atoms. The summed E-state index contributed by atoms with van der Waals surface area (Å²) < 4.78 is 0. The topological polar surface area (TPSA) is 82.7 Å². The van der Waals surface area contributed by atoms with Gasteiger partial charge in [-0.3, -0.25) is 10.1 Å². The summed E-state index contributed by atoms with van der Waals surface area (Å²) in [6, 6.07) is 3.53. The molecule has 0 saturated heterocycles. The van der Waals surface area contributed by atoms with Gasteiger partial charge in [0, 0.05) is 30.7 Å². The molecule has 0 saturated carbocycles. The van der Waals surface area contributed by atoms with Crippen molar-refractivity contribution in [3.05, 3.63) is 35.8 Å². The van der Waals surface area contributed by atoms with E-state index in [1.165, 1.54) is 0 Å². The lowest BCUT2D eigenvalue weighted by atomic mass is 10.1. The van der Waals surface area contributed by atoms with E-state index >= 15 is 0 Å². The van der Waals surface area contributed by atoms with Crippen LogP contribution in [0.4, 0.5) is 11.8 Å². The Bertz CT molecular complexity index is 550. The Morgan fingerprint density at radius 2 is 2.26 bits per heavy atom. The van der Waals surface area contributed by atoms with Gasteiger partial charge in [0.2, 0.25) is 5.95 Å². The number of anilines is 2. The molecule has 6 heteroatoms. The second kappa shape index (κ2) is 5.99. The number of hydrogen-bond donors (Lipinski definition) is 3. The number of nitrogens with one attached hydrogen (secondary N) is 3. The zero-order chi connectivity index (χ0) is 13.7. The molecule has 0 aliphatic rings. The molecule has 100 valence electrons. The third-order valence-corrected chi connectivity index (χ3v) is 2.63. The van der Waals surface area contributed by atoms with Crippen LogP contribution in [0.25, 0.3) is 0 Å². The van der Waals surface area contributed by atoms with Crippen LogP contribution in [0.1, 0.15) is 29.4 Å². The Morgan fingerprint density at radius 3 is 2.89 bits per heavy atom. The molecular weight excluding hydrogens is 242 g/mol. The van der Waals surface area contributed by atoms with Gasteiger partial charge in [-0.15, -0.1) is 0 Å². The number of aromatic nitrogens is 3. The van der Waals surface area contributed by atoms with E-state index in [1.807, 2.05) is 6.07 Å². The fourth-order valence-electron chi connectivity index (χ4n) is 1.74. The van der Waals surface area contributed by atoms with E-state index in [-0.39, 0.29) is 5.91 Å². The summed E-state index contributed by atoms with van der Waals surface area (Å²) in [4.78, 5) is 23.3. The lowest BCUT2D eigenvalue weighted by molar-refractivity contribution is 0.102. The molecule has 0 radical (unpaired) electrons. The Kier molecular flexibility index (Phi) is 4.12. The number of pyridine rings is 1. The van der Waals surface area contributed by atoms with Crippen molar-refractivity contribution < 1.29 is 4.79 Å². The average molecular weight is 259 g/mol. The molecule has 3 N–H and O–H groups in total. The summed E-state index contributed by atoms with van der Waals surface area (Å²) in [5.74, 6) is 0.923. The summed E-state index contributed by atoms with van der Waals surface area (Å²) in [6.45, 7) is 2.08. The van der Waals surface area contributed by atoms with Gasteiger partial charge in [-0.2, -0.15) is 0 Å². The van der Waals surface area contributed by atoms with E-state index < -0.39 is 0 Å². The quantitative estimate of drug-likeness (QED) is 0.767. The van der Waals surface area contributed by atoms with Crippen LogP contribution in [-0.4, -0.2) is 27.9 Å². The molecule has 0 aromatic carbocycles. The summed E-state index contributed by atoms with van der Waals surface area (Å²) in [7, 11) is 1.78. The van der Waals surface area contributed by atoms with Gasteiger partial charge in [0.15, 0.2) is 0 Å². The molecule has 0 aliphatic carbocycles. The van der Waals surface area contributed by atoms with Gasteiger partial charge in [0.25, 0.3) is 5.91 Å². The van der Waals surface area contributed by atoms with Crippen LogP contribution in [0.2, 0.25) is 0 Å². The molecule has 0 atom stereocenters. The van der Waals surface area contributed by atoms with Gasteiger partial charge in [-0.05, 0) is 18.6 Å². The van der Waals surface area contributed by atoms with E-state index in [4.69, 9.17) is 0 Å². The maximum atomic E-state index is 12.1. The first-order valence-corrected chi connectivity index (χ1v) is 6.22. The molecule has 1 amide bonds. The van der Waals surface area contributed by atoms with Gasteiger partial charge in [-0.1, -0.05) is 13.3 Å². The fraction of sp³-hybridized carbons (Fsp3) is 0.308. The Labute approximate surface area is 111 Å². The molecule has 2 rings (SSSR count). The summed E-state index contributed by atoms with van der Waals surface area (Å²) in [5, 5.41) is 5.66. The monoisotopic (exact) mass is 259 g/mol. The second-order valence-electron chi connectivity index (χ2n) is 4.12. The standard InChI is InChI=1S/C13H17N5O/c1-3-4-10-7-9(8-11(14-2)17-10)12(19)18-13-15-5-6-16-13/h5-8H,3-4H2,1-2H3,(H,14,17)(H2,15,16,18,19). The molecule has 2 heterocycles. The van der Waals surface area contributed by atoms with Gasteiger partial charge in [0.1, 0.15) is 5.82 Å². The second-order valence-corrected chi connectivity index (χ2v) is 4.12. The highest BCUT2D eigenvalue weighted by Crippen LogP contribution is 2.13. The number of nitrogens with zero attached hydrogens (tertiary/aromatic N) is 2. The minimum Gasteiger partial charge on any atom is -0.373 e. The molecule has 6 nitrogen and oxygen atoms in total. The zero-order valence-corrected chi connectivity index (χ0v) is 11.0. The molecule has 0 fully saturated rings. The first kappa shape index (κ1) is 13.1. The lowest BCUT2D eigenvalue weighted by Gasteiger charge is -2.08. The van der Waals surface area contributed by atoms with Crippen molar-refractivity contribution in [1.29, 1.82) is 0 Å². The van der Waals surface area contributed by atoms with E-state index in [1.54, 1.807) is 25.5 Å². The number of amides is 1. The van der Waals surface area contributed by atoms with Gasteiger partial charge in [0.05, 0.1) is 0 Å². The number of carbonyl (C=O) groups excluding carboxylic acids is 1. The Balaban J connectivity index is 2.22. The van der Waals surface area contributed by atoms with E-state index in [0.717, 1.165) is 18.5 Å². The summed E-state index contributed by atoms with van der Waals surface area (Å²) >= 11 is 0. The number of rotatable bonds is 5. The SMILES string of the molecule is CCCc1cc(C(=O)Nc2ncc[nH]2)cc(NC)n1. The number of hydrogen-bond acceptors (Lipinski definition) is 4. The molecule has 2 aromatic heterocycles. The van der Waals surface area contributed by atoms with Crippen molar-refractivity contribution in [3.8, 4) is 0 Å². The Morgan fingerprint density at radius 1 is 1.42 bits per heavy atom. The van der Waals surface area contributed by atoms with Crippen molar-refractivity contribution in [2.45, 2.75) is 19.8 Å². The van der Waals surface area contributed by atoms with Crippen molar-refractivity contribution >= 4 is 17.7 Å². The predicted octanol–water partition coefficient (Wildman–Crippen LogP) is 2.05.